The van der Waals surface area contributed by atoms with Crippen molar-refractivity contribution in [1.82, 2.24) is 0 Å². The van der Waals surface area contributed by atoms with Crippen LogP contribution in [-0.2, 0) is 0 Å². The summed E-state index contributed by atoms with van der Waals surface area (Å²) in [6.07, 6.45) is 0. The second kappa shape index (κ2) is 5.80. The zero-order chi connectivity index (χ0) is 16.6. The molecule has 0 bridgehead atoms. The summed E-state index contributed by atoms with van der Waals surface area (Å²) in [6.45, 7) is 4.11. The molecule has 0 amide bonds. The molecular formula is C19H18O4. The highest BCUT2D eigenvalue weighted by Crippen LogP contribution is 2.33. The predicted molar refractivity (Wildman–Crippen MR) is 90.2 cm³/mol. The Kier molecular flexibility index (Phi) is 3.82. The van der Waals surface area contributed by atoms with Crippen molar-refractivity contribution >= 4 is 11.0 Å². The maximum absolute atomic E-state index is 12.4. The molecule has 0 unspecified atom stereocenters. The minimum atomic E-state index is -0.0981. The van der Waals surface area contributed by atoms with Gasteiger partial charge >= 0.3 is 0 Å². The Bertz CT molecular complexity index is 922. The maximum Gasteiger partial charge on any atom is 0.193 e. The molecule has 0 aliphatic carbocycles. The van der Waals surface area contributed by atoms with Crippen molar-refractivity contribution in [2.45, 2.75) is 19.8 Å². The molecule has 0 saturated carbocycles. The molecule has 4 nitrogen and oxygen atoms in total. The lowest BCUT2D eigenvalue weighted by Crippen LogP contribution is -2.02. The number of benzene rings is 2. The van der Waals surface area contributed by atoms with Gasteiger partial charge in [-0.3, -0.25) is 4.79 Å². The molecule has 1 N–H and O–H groups in total. The molecule has 1 aromatic heterocycles. The number of ether oxygens (including phenoxy) is 1. The van der Waals surface area contributed by atoms with Gasteiger partial charge in [0.1, 0.15) is 11.3 Å². The molecule has 0 fully saturated rings. The number of hydrogen-bond donors (Lipinski definition) is 1. The molecular weight excluding hydrogens is 292 g/mol. The van der Waals surface area contributed by atoms with Gasteiger partial charge in [0, 0.05) is 11.6 Å². The standard InChI is InChI=1S/C19H18O4/c1-11(2)13-5-4-6-14-15(20)10-18(23-19(13)14)12-7-8-17(22-3)16(21)9-12/h4-11,21H,1-3H3. The fraction of sp³-hybridized carbons (Fsp3) is 0.211. The van der Waals surface area contributed by atoms with E-state index in [0.717, 1.165) is 5.56 Å². The molecule has 0 radical (unpaired) electrons. The van der Waals surface area contributed by atoms with E-state index in [-0.39, 0.29) is 17.1 Å². The number of para-hydroxylation sites is 1. The first kappa shape index (κ1) is 15.2. The Balaban J connectivity index is 2.25. The first-order valence-corrected chi connectivity index (χ1v) is 7.45. The van der Waals surface area contributed by atoms with E-state index in [0.29, 0.717) is 28.0 Å². The van der Waals surface area contributed by atoms with E-state index in [9.17, 15) is 9.90 Å². The second-order valence-corrected chi connectivity index (χ2v) is 5.74. The van der Waals surface area contributed by atoms with Gasteiger partial charge in [0.2, 0.25) is 0 Å². The summed E-state index contributed by atoms with van der Waals surface area (Å²) in [4.78, 5) is 12.4. The fourth-order valence-electron chi connectivity index (χ4n) is 2.64. The van der Waals surface area contributed by atoms with Gasteiger partial charge in [-0.1, -0.05) is 26.0 Å². The van der Waals surface area contributed by atoms with Crippen LogP contribution in [0.2, 0.25) is 0 Å². The Morgan fingerprint density at radius 3 is 2.57 bits per heavy atom. The van der Waals surface area contributed by atoms with Gasteiger partial charge in [-0.15, -0.1) is 0 Å². The number of hydrogen-bond acceptors (Lipinski definition) is 4. The first-order chi connectivity index (χ1) is 11.0. The van der Waals surface area contributed by atoms with E-state index >= 15 is 0 Å². The Labute approximate surface area is 134 Å². The largest absolute Gasteiger partial charge is 0.504 e. The highest BCUT2D eigenvalue weighted by Gasteiger charge is 2.13. The lowest BCUT2D eigenvalue weighted by molar-refractivity contribution is 0.373. The van der Waals surface area contributed by atoms with Crippen LogP contribution >= 0.6 is 0 Å². The molecule has 118 valence electrons. The number of rotatable bonds is 3. The zero-order valence-corrected chi connectivity index (χ0v) is 13.3. The van der Waals surface area contributed by atoms with Crippen molar-refractivity contribution in [3.05, 3.63) is 58.3 Å². The molecule has 4 heteroatoms. The van der Waals surface area contributed by atoms with E-state index in [1.54, 1.807) is 18.2 Å². The zero-order valence-electron chi connectivity index (χ0n) is 13.3. The Hall–Kier alpha value is -2.75. The summed E-state index contributed by atoms with van der Waals surface area (Å²) in [7, 11) is 1.49. The SMILES string of the molecule is COc1ccc(-c2cc(=O)c3cccc(C(C)C)c3o2)cc1O. The third-order valence-electron chi connectivity index (χ3n) is 3.87. The van der Waals surface area contributed by atoms with Gasteiger partial charge in [0.05, 0.1) is 12.5 Å². The van der Waals surface area contributed by atoms with Crippen LogP contribution in [0, 0.1) is 0 Å². The monoisotopic (exact) mass is 310 g/mol. The van der Waals surface area contributed by atoms with Gasteiger partial charge in [-0.25, -0.2) is 0 Å². The molecule has 0 atom stereocenters. The number of aromatic hydroxyl groups is 1. The molecule has 3 aromatic rings. The topological polar surface area (TPSA) is 59.7 Å². The molecule has 3 rings (SSSR count). The van der Waals surface area contributed by atoms with E-state index in [4.69, 9.17) is 9.15 Å². The normalized spacial score (nSPS) is 11.1. The van der Waals surface area contributed by atoms with Crippen LogP contribution in [0.5, 0.6) is 11.5 Å². The third-order valence-corrected chi connectivity index (χ3v) is 3.87. The van der Waals surface area contributed by atoms with Crippen molar-refractivity contribution in [1.29, 1.82) is 0 Å². The van der Waals surface area contributed by atoms with Crippen LogP contribution in [0.15, 0.2) is 51.7 Å². The lowest BCUT2D eigenvalue weighted by Gasteiger charge is -2.11. The minimum Gasteiger partial charge on any atom is -0.504 e. The number of methoxy groups -OCH3 is 1. The highest BCUT2D eigenvalue weighted by atomic mass is 16.5. The van der Waals surface area contributed by atoms with Crippen LogP contribution in [0.4, 0.5) is 0 Å². The van der Waals surface area contributed by atoms with Crippen molar-refractivity contribution < 1.29 is 14.3 Å². The summed E-state index contributed by atoms with van der Waals surface area (Å²) in [6, 6.07) is 12.0. The molecule has 0 aliphatic heterocycles. The van der Waals surface area contributed by atoms with Crippen LogP contribution in [0.1, 0.15) is 25.3 Å². The van der Waals surface area contributed by atoms with Gasteiger partial charge in [-0.05, 0) is 35.7 Å². The molecule has 0 aliphatic rings. The van der Waals surface area contributed by atoms with Gasteiger partial charge in [0.25, 0.3) is 0 Å². The lowest BCUT2D eigenvalue weighted by atomic mass is 10.00. The summed E-state index contributed by atoms with van der Waals surface area (Å²) in [5.74, 6) is 1.04. The smallest absolute Gasteiger partial charge is 0.193 e. The quantitative estimate of drug-likeness (QED) is 0.783. The number of fused-ring (bicyclic) bond motifs is 1. The van der Waals surface area contributed by atoms with Crippen LogP contribution in [0.3, 0.4) is 0 Å². The Morgan fingerprint density at radius 2 is 1.91 bits per heavy atom. The summed E-state index contributed by atoms with van der Waals surface area (Å²) in [5, 5.41) is 10.5. The molecule has 23 heavy (non-hydrogen) atoms. The molecule has 1 heterocycles. The molecule has 2 aromatic carbocycles. The van der Waals surface area contributed by atoms with Crippen molar-refractivity contribution in [2.24, 2.45) is 0 Å². The first-order valence-electron chi connectivity index (χ1n) is 7.45. The third kappa shape index (κ3) is 2.68. The Morgan fingerprint density at radius 1 is 1.13 bits per heavy atom. The van der Waals surface area contributed by atoms with Crippen molar-refractivity contribution in [2.75, 3.05) is 7.11 Å². The van der Waals surface area contributed by atoms with Crippen molar-refractivity contribution in [3.8, 4) is 22.8 Å². The van der Waals surface area contributed by atoms with E-state index in [1.165, 1.54) is 19.2 Å². The maximum atomic E-state index is 12.4. The van der Waals surface area contributed by atoms with Crippen LogP contribution < -0.4 is 10.2 Å². The predicted octanol–water partition coefficient (Wildman–Crippen LogP) is 4.30. The number of phenolic OH excluding ortho intramolecular Hbond substituents is 1. The van der Waals surface area contributed by atoms with Crippen LogP contribution in [-0.4, -0.2) is 12.2 Å². The van der Waals surface area contributed by atoms with Gasteiger partial charge in [-0.2, -0.15) is 0 Å². The fourth-order valence-corrected chi connectivity index (χ4v) is 2.64. The molecule has 0 saturated heterocycles. The average molecular weight is 310 g/mol. The van der Waals surface area contributed by atoms with E-state index < -0.39 is 0 Å². The summed E-state index contributed by atoms with van der Waals surface area (Å²) >= 11 is 0. The van der Waals surface area contributed by atoms with Crippen molar-refractivity contribution in [3.63, 3.8) is 0 Å². The van der Waals surface area contributed by atoms with E-state index in [2.05, 4.69) is 13.8 Å². The second-order valence-electron chi connectivity index (χ2n) is 5.74. The highest BCUT2D eigenvalue weighted by molar-refractivity contribution is 5.82. The molecule has 0 spiro atoms. The summed E-state index contributed by atoms with van der Waals surface area (Å²) in [5.41, 5.74) is 2.11. The van der Waals surface area contributed by atoms with Gasteiger partial charge < -0.3 is 14.3 Å². The van der Waals surface area contributed by atoms with E-state index in [1.807, 2.05) is 12.1 Å². The summed E-state index contributed by atoms with van der Waals surface area (Å²) < 4.78 is 11.0. The minimum absolute atomic E-state index is 0.00453. The van der Waals surface area contributed by atoms with Crippen LogP contribution in [0.25, 0.3) is 22.3 Å². The van der Waals surface area contributed by atoms with Gasteiger partial charge in [0.15, 0.2) is 16.9 Å². The number of phenols is 1. The average Bonchev–Trinajstić information content (AvgIpc) is 2.54.